The van der Waals surface area contributed by atoms with E-state index in [1.807, 2.05) is 37.2 Å². The minimum atomic E-state index is -0.534. The molecule has 0 aliphatic heterocycles. The van der Waals surface area contributed by atoms with Crippen molar-refractivity contribution in [1.82, 2.24) is 9.66 Å². The zero-order valence-corrected chi connectivity index (χ0v) is 23.5. The monoisotopic (exact) mass is 593 g/mol. The molecular weight excluding hydrogens is 565 g/mol. The number of hydrogen-bond donors (Lipinski definition) is 1. The van der Waals surface area contributed by atoms with E-state index in [0.717, 1.165) is 23.0 Å². The first-order valence-electron chi connectivity index (χ1n) is 12.5. The second-order valence-electron chi connectivity index (χ2n) is 9.09. The molecule has 0 radical (unpaired) electrons. The third-order valence-corrected chi connectivity index (χ3v) is 6.46. The van der Waals surface area contributed by atoms with Gasteiger partial charge in [-0.3, -0.25) is 9.59 Å². The molecular formula is C29H29BrFN5O3. The minimum absolute atomic E-state index is 0.0735. The maximum absolute atomic E-state index is 13.9. The van der Waals surface area contributed by atoms with Crippen LogP contribution in [0.15, 0.2) is 75.0 Å². The Morgan fingerprint density at radius 1 is 1.18 bits per heavy atom. The Hall–Kier alpha value is -4.05. The van der Waals surface area contributed by atoms with Gasteiger partial charge in [0.1, 0.15) is 17.4 Å². The first-order chi connectivity index (χ1) is 18.8. The number of fused-ring (bicyclic) bond motifs is 1. The number of nitrogens with one attached hydrogen (secondary N) is 1. The lowest BCUT2D eigenvalue weighted by Crippen LogP contribution is -2.23. The molecule has 1 aromatic heterocycles. The van der Waals surface area contributed by atoms with Crippen LogP contribution in [0.1, 0.15) is 31.2 Å². The number of para-hydroxylation sites is 1. The van der Waals surface area contributed by atoms with Crippen LogP contribution in [0.2, 0.25) is 0 Å². The second-order valence-corrected chi connectivity index (χ2v) is 10.0. The first-order valence-corrected chi connectivity index (χ1v) is 13.3. The molecule has 202 valence electrons. The summed E-state index contributed by atoms with van der Waals surface area (Å²) in [6.45, 7) is 1.72. The van der Waals surface area contributed by atoms with Gasteiger partial charge < -0.3 is 15.0 Å². The molecule has 8 nitrogen and oxygen atoms in total. The smallest absolute Gasteiger partial charge is 0.282 e. The van der Waals surface area contributed by atoms with Crippen LogP contribution in [0.3, 0.4) is 0 Å². The van der Waals surface area contributed by atoms with Crippen molar-refractivity contribution >= 4 is 50.3 Å². The van der Waals surface area contributed by atoms with Crippen LogP contribution in [0.25, 0.3) is 10.9 Å². The lowest BCUT2D eigenvalue weighted by Gasteiger charge is -2.16. The van der Waals surface area contributed by atoms with E-state index in [-0.39, 0.29) is 17.9 Å². The van der Waals surface area contributed by atoms with Crippen LogP contribution in [0, 0.1) is 5.82 Å². The molecule has 4 rings (SSSR count). The Morgan fingerprint density at radius 2 is 1.97 bits per heavy atom. The van der Waals surface area contributed by atoms with Crippen molar-refractivity contribution < 1.29 is 13.9 Å². The number of anilines is 2. The fourth-order valence-corrected chi connectivity index (χ4v) is 4.22. The first kappa shape index (κ1) is 28.0. The number of carbonyl (C=O) groups excluding carboxylic acids is 1. The number of hydrogen-bond acceptors (Lipinski definition) is 6. The number of rotatable bonds is 10. The van der Waals surface area contributed by atoms with Gasteiger partial charge in [0.05, 0.1) is 22.8 Å². The van der Waals surface area contributed by atoms with Crippen molar-refractivity contribution in [2.75, 3.05) is 30.9 Å². The van der Waals surface area contributed by atoms with Crippen molar-refractivity contribution in [2.24, 2.45) is 5.10 Å². The van der Waals surface area contributed by atoms with Crippen LogP contribution in [0.4, 0.5) is 15.8 Å². The topological polar surface area (TPSA) is 88.8 Å². The van der Waals surface area contributed by atoms with Crippen LogP contribution < -0.4 is 20.5 Å². The third kappa shape index (κ3) is 6.88. The van der Waals surface area contributed by atoms with Gasteiger partial charge >= 0.3 is 0 Å². The summed E-state index contributed by atoms with van der Waals surface area (Å²) in [6, 6.07) is 16.8. The van der Waals surface area contributed by atoms with Gasteiger partial charge in [0, 0.05) is 42.3 Å². The lowest BCUT2D eigenvalue weighted by molar-refractivity contribution is -0.118. The lowest BCUT2D eigenvalue weighted by atomic mass is 10.2. The number of aryl methyl sites for hydroxylation is 1. The summed E-state index contributed by atoms with van der Waals surface area (Å²) in [5.74, 6) is -0.105. The molecule has 4 aromatic rings. The molecule has 0 aliphatic rings. The van der Waals surface area contributed by atoms with Crippen molar-refractivity contribution in [1.29, 1.82) is 0 Å². The highest BCUT2D eigenvalue weighted by Crippen LogP contribution is 2.24. The Bertz CT molecular complexity index is 1590. The predicted molar refractivity (Wildman–Crippen MR) is 157 cm³/mol. The van der Waals surface area contributed by atoms with Crippen LogP contribution in [-0.2, 0) is 11.2 Å². The molecule has 0 fully saturated rings. The van der Waals surface area contributed by atoms with E-state index in [2.05, 4.69) is 33.3 Å². The van der Waals surface area contributed by atoms with E-state index in [0.29, 0.717) is 34.5 Å². The van der Waals surface area contributed by atoms with E-state index < -0.39 is 11.7 Å². The molecule has 10 heteroatoms. The van der Waals surface area contributed by atoms with Gasteiger partial charge in [-0.1, -0.05) is 41.4 Å². The number of ether oxygens (including phenoxy) is 1. The number of nitrogens with zero attached hydrogens (tertiary/aromatic N) is 4. The maximum atomic E-state index is 13.9. The Balaban J connectivity index is 1.66. The molecule has 1 N–H and O–H groups in total. The van der Waals surface area contributed by atoms with Crippen LogP contribution in [0.5, 0.6) is 5.75 Å². The van der Waals surface area contributed by atoms with E-state index in [4.69, 9.17) is 9.72 Å². The molecule has 39 heavy (non-hydrogen) atoms. The fourth-order valence-electron chi connectivity index (χ4n) is 3.86. The number of unbranched alkanes of at least 4 members (excludes halogenated alkanes) is 1. The third-order valence-electron chi connectivity index (χ3n) is 5.96. The zero-order valence-electron chi connectivity index (χ0n) is 21.9. The van der Waals surface area contributed by atoms with E-state index in [1.165, 1.54) is 23.0 Å². The van der Waals surface area contributed by atoms with Crippen molar-refractivity contribution in [3.05, 3.63) is 92.7 Å². The van der Waals surface area contributed by atoms with Gasteiger partial charge in [0.15, 0.2) is 6.61 Å². The second kappa shape index (κ2) is 12.7. The summed E-state index contributed by atoms with van der Waals surface area (Å²) < 4.78 is 21.9. The number of aromatic nitrogens is 2. The summed E-state index contributed by atoms with van der Waals surface area (Å²) in [5.41, 5.74) is 1.81. The average Bonchev–Trinajstić information content (AvgIpc) is 2.92. The Labute approximate surface area is 234 Å². The van der Waals surface area contributed by atoms with Gasteiger partial charge in [-0.05, 0) is 48.9 Å². The highest BCUT2D eigenvalue weighted by Gasteiger charge is 2.13. The molecule has 0 saturated heterocycles. The molecule has 1 heterocycles. The highest BCUT2D eigenvalue weighted by atomic mass is 79.9. The van der Waals surface area contributed by atoms with Crippen molar-refractivity contribution in [2.45, 2.75) is 26.2 Å². The summed E-state index contributed by atoms with van der Waals surface area (Å²) >= 11 is 3.42. The summed E-state index contributed by atoms with van der Waals surface area (Å²) in [5, 5.41) is 7.47. The maximum Gasteiger partial charge on any atom is 0.282 e. The summed E-state index contributed by atoms with van der Waals surface area (Å²) in [6.07, 6.45) is 3.91. The van der Waals surface area contributed by atoms with Crippen molar-refractivity contribution in [3.8, 4) is 5.75 Å². The predicted octanol–water partition coefficient (Wildman–Crippen LogP) is 5.61. The quantitative estimate of drug-likeness (QED) is 0.242. The standard InChI is InChI=1S/C29H29BrFN5O3/c1-4-5-10-27-33-24-14-12-20(30)15-22(24)29(38)36(27)32-17-19-11-13-21(35(2)3)16-26(19)39-18-28(37)34-25-9-7-6-8-23(25)31/h6-9,11-17H,4-5,10,18H2,1-3H3,(H,34,37). The molecule has 0 spiro atoms. The van der Waals surface area contributed by atoms with Gasteiger partial charge in [-0.2, -0.15) is 9.78 Å². The van der Waals surface area contributed by atoms with Crippen LogP contribution in [-0.4, -0.2) is 42.5 Å². The number of benzene rings is 3. The normalized spacial score (nSPS) is 11.2. The van der Waals surface area contributed by atoms with E-state index in [9.17, 15) is 14.0 Å². The largest absolute Gasteiger partial charge is 0.483 e. The van der Waals surface area contributed by atoms with Gasteiger partial charge in [-0.25, -0.2) is 9.37 Å². The minimum Gasteiger partial charge on any atom is -0.483 e. The SMILES string of the molecule is CCCCc1nc2ccc(Br)cc2c(=O)n1N=Cc1ccc(N(C)C)cc1OCC(=O)Nc1ccccc1F. The summed E-state index contributed by atoms with van der Waals surface area (Å²) in [7, 11) is 3.77. The number of halogens is 2. The molecule has 3 aromatic carbocycles. The average molecular weight is 594 g/mol. The number of carbonyl (C=O) groups is 1. The zero-order chi connectivity index (χ0) is 27.9. The molecule has 0 atom stereocenters. The molecule has 1 amide bonds. The molecule has 0 unspecified atom stereocenters. The van der Waals surface area contributed by atoms with Crippen LogP contribution >= 0.6 is 15.9 Å². The van der Waals surface area contributed by atoms with Gasteiger partial charge in [0.25, 0.3) is 11.5 Å². The molecule has 0 bridgehead atoms. The van der Waals surface area contributed by atoms with Crippen molar-refractivity contribution in [3.63, 3.8) is 0 Å². The van der Waals surface area contributed by atoms with Gasteiger partial charge in [-0.15, -0.1) is 0 Å². The Kier molecular flexibility index (Phi) is 9.08. The van der Waals surface area contributed by atoms with E-state index >= 15 is 0 Å². The van der Waals surface area contributed by atoms with Gasteiger partial charge in [0.2, 0.25) is 0 Å². The Morgan fingerprint density at radius 3 is 2.72 bits per heavy atom. The van der Waals surface area contributed by atoms with E-state index in [1.54, 1.807) is 30.3 Å². The molecule has 0 saturated carbocycles. The molecule has 0 aliphatic carbocycles. The number of amides is 1. The fraction of sp³-hybridized carbons (Fsp3) is 0.241. The highest BCUT2D eigenvalue weighted by molar-refractivity contribution is 9.10. The summed E-state index contributed by atoms with van der Waals surface area (Å²) in [4.78, 5) is 32.5.